The van der Waals surface area contributed by atoms with E-state index < -0.39 is 0 Å². The number of ether oxygens (including phenoxy) is 1. The standard InChI is InChI=1S/C14H24N4O3/c1-10(2)12-13(18(19)20)14(17(3)16-12)21-8-6-11-5-4-7-15-9-11/h10-11,15H,4-9H2,1-3H3. The molecule has 1 N–H and O–H groups in total. The van der Waals surface area contributed by atoms with Gasteiger partial charge in [0.25, 0.3) is 5.88 Å². The normalized spacial score (nSPS) is 19.0. The zero-order chi connectivity index (χ0) is 15.4. The molecular weight excluding hydrogens is 272 g/mol. The van der Waals surface area contributed by atoms with Crippen molar-refractivity contribution < 1.29 is 9.66 Å². The van der Waals surface area contributed by atoms with E-state index >= 15 is 0 Å². The summed E-state index contributed by atoms with van der Waals surface area (Å²) < 4.78 is 7.17. The molecule has 0 bridgehead atoms. The van der Waals surface area contributed by atoms with Crippen LogP contribution in [0, 0.1) is 16.0 Å². The van der Waals surface area contributed by atoms with Gasteiger partial charge in [-0.25, -0.2) is 4.68 Å². The number of aromatic nitrogens is 2. The molecule has 0 radical (unpaired) electrons. The molecule has 0 aromatic carbocycles. The zero-order valence-corrected chi connectivity index (χ0v) is 13.0. The Kier molecular flexibility index (Phi) is 5.17. The molecule has 2 rings (SSSR count). The first-order valence-electron chi connectivity index (χ1n) is 7.55. The van der Waals surface area contributed by atoms with Crippen molar-refractivity contribution in [2.45, 2.75) is 39.0 Å². The largest absolute Gasteiger partial charge is 0.473 e. The predicted molar refractivity (Wildman–Crippen MR) is 79.7 cm³/mol. The van der Waals surface area contributed by atoms with Crippen molar-refractivity contribution in [1.82, 2.24) is 15.1 Å². The van der Waals surface area contributed by atoms with Crippen LogP contribution in [0.3, 0.4) is 0 Å². The third-order valence-electron chi connectivity index (χ3n) is 3.89. The molecule has 1 aliphatic rings. The van der Waals surface area contributed by atoms with Crippen molar-refractivity contribution in [3.63, 3.8) is 0 Å². The van der Waals surface area contributed by atoms with E-state index in [0.29, 0.717) is 18.2 Å². The summed E-state index contributed by atoms with van der Waals surface area (Å²) in [5.41, 5.74) is 0.492. The van der Waals surface area contributed by atoms with Gasteiger partial charge in [0.15, 0.2) is 0 Å². The van der Waals surface area contributed by atoms with E-state index in [1.54, 1.807) is 7.05 Å². The second-order valence-corrected chi connectivity index (χ2v) is 5.92. The number of nitrogens with one attached hydrogen (secondary N) is 1. The molecule has 1 fully saturated rings. The van der Waals surface area contributed by atoms with Gasteiger partial charge >= 0.3 is 5.69 Å². The molecule has 118 valence electrons. The Morgan fingerprint density at radius 1 is 1.57 bits per heavy atom. The summed E-state index contributed by atoms with van der Waals surface area (Å²) in [6, 6.07) is 0. The van der Waals surface area contributed by atoms with E-state index in [4.69, 9.17) is 4.74 Å². The van der Waals surface area contributed by atoms with Crippen LogP contribution >= 0.6 is 0 Å². The fourth-order valence-electron chi connectivity index (χ4n) is 2.73. The molecule has 7 heteroatoms. The number of aryl methyl sites for hydroxylation is 1. The third kappa shape index (κ3) is 3.72. The van der Waals surface area contributed by atoms with Crippen LogP contribution in [0.4, 0.5) is 5.69 Å². The molecule has 0 amide bonds. The Bertz CT molecular complexity index is 493. The summed E-state index contributed by atoms with van der Waals surface area (Å²) in [5, 5.41) is 18.9. The van der Waals surface area contributed by atoms with Gasteiger partial charge < -0.3 is 10.1 Å². The lowest BCUT2D eigenvalue weighted by molar-refractivity contribution is -0.386. The van der Waals surface area contributed by atoms with Gasteiger partial charge in [0.2, 0.25) is 0 Å². The molecular formula is C14H24N4O3. The van der Waals surface area contributed by atoms with Crippen LogP contribution in [0.25, 0.3) is 0 Å². The molecule has 1 aliphatic heterocycles. The van der Waals surface area contributed by atoms with E-state index in [2.05, 4.69) is 10.4 Å². The number of rotatable bonds is 6. The Morgan fingerprint density at radius 3 is 2.90 bits per heavy atom. The zero-order valence-electron chi connectivity index (χ0n) is 13.0. The quantitative estimate of drug-likeness (QED) is 0.643. The summed E-state index contributed by atoms with van der Waals surface area (Å²) in [6.45, 7) is 6.38. The van der Waals surface area contributed by atoms with E-state index in [1.165, 1.54) is 17.5 Å². The summed E-state index contributed by atoms with van der Waals surface area (Å²) in [6.07, 6.45) is 3.29. The van der Waals surface area contributed by atoms with Crippen LogP contribution in [-0.4, -0.2) is 34.4 Å². The highest BCUT2D eigenvalue weighted by molar-refractivity contribution is 5.47. The molecule has 1 atom stereocenters. The van der Waals surface area contributed by atoms with Crippen molar-refractivity contribution in [2.24, 2.45) is 13.0 Å². The number of nitro groups is 1. The highest BCUT2D eigenvalue weighted by Crippen LogP contribution is 2.34. The summed E-state index contributed by atoms with van der Waals surface area (Å²) >= 11 is 0. The van der Waals surface area contributed by atoms with Crippen LogP contribution in [0.5, 0.6) is 5.88 Å². The van der Waals surface area contributed by atoms with Crippen LogP contribution in [0.1, 0.15) is 44.7 Å². The van der Waals surface area contributed by atoms with Crippen molar-refractivity contribution >= 4 is 5.69 Å². The lowest BCUT2D eigenvalue weighted by Crippen LogP contribution is -2.30. The van der Waals surface area contributed by atoms with Crippen molar-refractivity contribution in [3.05, 3.63) is 15.8 Å². The molecule has 7 nitrogen and oxygen atoms in total. The maximum absolute atomic E-state index is 11.3. The fourth-order valence-corrected chi connectivity index (χ4v) is 2.73. The summed E-state index contributed by atoms with van der Waals surface area (Å²) in [7, 11) is 1.69. The van der Waals surface area contributed by atoms with Crippen LogP contribution in [0.2, 0.25) is 0 Å². The second-order valence-electron chi connectivity index (χ2n) is 5.92. The number of nitrogens with zero attached hydrogens (tertiary/aromatic N) is 3. The molecule has 21 heavy (non-hydrogen) atoms. The molecule has 0 spiro atoms. The molecule has 0 aliphatic carbocycles. The fraction of sp³-hybridized carbons (Fsp3) is 0.786. The van der Waals surface area contributed by atoms with Crippen molar-refractivity contribution in [2.75, 3.05) is 19.7 Å². The van der Waals surface area contributed by atoms with Gasteiger partial charge in [-0.15, -0.1) is 0 Å². The average molecular weight is 296 g/mol. The lowest BCUT2D eigenvalue weighted by atomic mass is 9.97. The third-order valence-corrected chi connectivity index (χ3v) is 3.89. The molecule has 1 saturated heterocycles. The van der Waals surface area contributed by atoms with E-state index in [-0.39, 0.29) is 22.4 Å². The molecule has 2 heterocycles. The van der Waals surface area contributed by atoms with Gasteiger partial charge in [-0.05, 0) is 38.3 Å². The first kappa shape index (κ1) is 15.8. The van der Waals surface area contributed by atoms with E-state index in [0.717, 1.165) is 19.5 Å². The topological polar surface area (TPSA) is 82.2 Å². The minimum Gasteiger partial charge on any atom is -0.473 e. The summed E-state index contributed by atoms with van der Waals surface area (Å²) in [5.74, 6) is 0.861. The lowest BCUT2D eigenvalue weighted by Gasteiger charge is -2.22. The maximum Gasteiger partial charge on any atom is 0.353 e. The maximum atomic E-state index is 11.3. The van der Waals surface area contributed by atoms with Crippen LogP contribution in [-0.2, 0) is 7.05 Å². The van der Waals surface area contributed by atoms with E-state index in [9.17, 15) is 10.1 Å². The first-order valence-corrected chi connectivity index (χ1v) is 7.55. The second kappa shape index (κ2) is 6.89. The number of hydrogen-bond acceptors (Lipinski definition) is 5. The van der Waals surface area contributed by atoms with Crippen molar-refractivity contribution in [3.8, 4) is 5.88 Å². The smallest absolute Gasteiger partial charge is 0.353 e. The SMILES string of the molecule is CC(C)c1nn(C)c(OCCC2CCCNC2)c1[N+](=O)[O-]. The van der Waals surface area contributed by atoms with Gasteiger partial charge in [-0.3, -0.25) is 10.1 Å². The van der Waals surface area contributed by atoms with Crippen LogP contribution in [0.15, 0.2) is 0 Å². The molecule has 1 aromatic heterocycles. The summed E-state index contributed by atoms with van der Waals surface area (Å²) in [4.78, 5) is 10.9. The number of hydrogen-bond donors (Lipinski definition) is 1. The minimum atomic E-state index is -0.389. The monoisotopic (exact) mass is 296 g/mol. The molecule has 0 saturated carbocycles. The predicted octanol–water partition coefficient (Wildman–Crippen LogP) is 2.22. The Morgan fingerprint density at radius 2 is 2.33 bits per heavy atom. The highest BCUT2D eigenvalue weighted by atomic mass is 16.6. The van der Waals surface area contributed by atoms with Crippen molar-refractivity contribution in [1.29, 1.82) is 0 Å². The van der Waals surface area contributed by atoms with Gasteiger partial charge in [0, 0.05) is 13.0 Å². The Balaban J connectivity index is 2.03. The average Bonchev–Trinajstić information content (AvgIpc) is 2.78. The molecule has 1 aromatic rings. The Hall–Kier alpha value is -1.63. The van der Waals surface area contributed by atoms with E-state index in [1.807, 2.05) is 13.8 Å². The van der Waals surface area contributed by atoms with Gasteiger partial charge in [0.1, 0.15) is 5.69 Å². The van der Waals surface area contributed by atoms with Gasteiger partial charge in [0.05, 0.1) is 11.5 Å². The highest BCUT2D eigenvalue weighted by Gasteiger charge is 2.30. The number of piperidine rings is 1. The Labute approximate surface area is 124 Å². The van der Waals surface area contributed by atoms with Crippen LogP contribution < -0.4 is 10.1 Å². The molecule has 1 unspecified atom stereocenters. The first-order chi connectivity index (χ1) is 10.0. The van der Waals surface area contributed by atoms with Gasteiger partial charge in [-0.1, -0.05) is 13.8 Å². The minimum absolute atomic E-state index is 0.00325. The van der Waals surface area contributed by atoms with Gasteiger partial charge in [-0.2, -0.15) is 5.10 Å².